The molecule has 1 saturated heterocycles. The van der Waals surface area contributed by atoms with Gasteiger partial charge in [0.2, 0.25) is 0 Å². The third-order valence-corrected chi connectivity index (χ3v) is 4.30. The van der Waals surface area contributed by atoms with Gasteiger partial charge in [0.1, 0.15) is 5.82 Å². The van der Waals surface area contributed by atoms with Gasteiger partial charge in [0.25, 0.3) is 0 Å². The zero-order valence-corrected chi connectivity index (χ0v) is 12.4. The molecule has 3 unspecified atom stereocenters. The van der Waals surface area contributed by atoms with Gasteiger partial charge in [-0.3, -0.25) is 4.90 Å². The molecule has 1 aromatic carbocycles. The van der Waals surface area contributed by atoms with Crippen LogP contribution in [0.15, 0.2) is 24.3 Å². The Balaban J connectivity index is 1.98. The largest absolute Gasteiger partial charge is 0.384 e. The molecule has 0 saturated carbocycles. The second-order valence-electron chi connectivity index (χ2n) is 5.78. The number of benzene rings is 1. The first-order valence-electron chi connectivity index (χ1n) is 7.36. The SMILES string of the molecule is COCC1CCCN(C(C)C(N)c2ccc(F)cc2)C1. The molecule has 0 spiro atoms. The molecule has 2 N–H and O–H groups in total. The van der Waals surface area contributed by atoms with Crippen molar-refractivity contribution >= 4 is 0 Å². The van der Waals surface area contributed by atoms with Gasteiger partial charge in [-0.15, -0.1) is 0 Å². The summed E-state index contributed by atoms with van der Waals surface area (Å²) in [6.07, 6.45) is 2.41. The second-order valence-corrected chi connectivity index (χ2v) is 5.78. The maximum atomic E-state index is 13.0. The predicted octanol–water partition coefficient (Wildman–Crippen LogP) is 2.57. The first kappa shape index (κ1) is 15.4. The maximum absolute atomic E-state index is 13.0. The van der Waals surface area contributed by atoms with Crippen LogP contribution in [0.5, 0.6) is 0 Å². The minimum absolute atomic E-state index is 0.0862. The monoisotopic (exact) mass is 280 g/mol. The van der Waals surface area contributed by atoms with E-state index in [2.05, 4.69) is 11.8 Å². The lowest BCUT2D eigenvalue weighted by Gasteiger charge is -2.39. The van der Waals surface area contributed by atoms with E-state index in [-0.39, 0.29) is 17.9 Å². The fourth-order valence-electron chi connectivity index (χ4n) is 3.03. The van der Waals surface area contributed by atoms with Crippen LogP contribution in [0.2, 0.25) is 0 Å². The minimum atomic E-state index is -0.216. The van der Waals surface area contributed by atoms with Crippen LogP contribution in [-0.4, -0.2) is 37.7 Å². The Bertz CT molecular complexity index is 407. The van der Waals surface area contributed by atoms with E-state index in [1.54, 1.807) is 19.2 Å². The molecule has 1 fully saturated rings. The normalized spacial score (nSPS) is 23.5. The number of ether oxygens (including phenoxy) is 1. The van der Waals surface area contributed by atoms with Crippen LogP contribution in [0.1, 0.15) is 31.4 Å². The molecule has 3 nitrogen and oxygen atoms in total. The van der Waals surface area contributed by atoms with Crippen molar-refractivity contribution in [3.8, 4) is 0 Å². The van der Waals surface area contributed by atoms with Crippen LogP contribution in [0.3, 0.4) is 0 Å². The lowest BCUT2D eigenvalue weighted by atomic mass is 9.94. The summed E-state index contributed by atoms with van der Waals surface area (Å²) < 4.78 is 18.2. The van der Waals surface area contributed by atoms with Crippen molar-refractivity contribution in [2.75, 3.05) is 26.8 Å². The molecular formula is C16H25FN2O. The zero-order chi connectivity index (χ0) is 14.5. The molecule has 0 bridgehead atoms. The summed E-state index contributed by atoms with van der Waals surface area (Å²) in [5, 5.41) is 0. The Morgan fingerprint density at radius 1 is 1.40 bits per heavy atom. The summed E-state index contributed by atoms with van der Waals surface area (Å²) in [5.74, 6) is 0.378. The smallest absolute Gasteiger partial charge is 0.123 e. The summed E-state index contributed by atoms with van der Waals surface area (Å²) in [5.41, 5.74) is 7.34. The first-order chi connectivity index (χ1) is 9.61. The van der Waals surface area contributed by atoms with Crippen LogP contribution in [0, 0.1) is 11.7 Å². The standard InChI is InChI=1S/C16H25FN2O/c1-12(16(18)14-5-7-15(17)8-6-14)19-9-3-4-13(10-19)11-20-2/h5-8,12-13,16H,3-4,9-11,18H2,1-2H3. The average Bonchev–Trinajstić information content (AvgIpc) is 2.47. The number of methoxy groups -OCH3 is 1. The number of halogens is 1. The average molecular weight is 280 g/mol. The molecule has 4 heteroatoms. The van der Waals surface area contributed by atoms with Gasteiger partial charge in [0, 0.05) is 25.7 Å². The molecule has 1 aliphatic rings. The van der Waals surface area contributed by atoms with Gasteiger partial charge in [0.05, 0.1) is 6.61 Å². The fourth-order valence-corrected chi connectivity index (χ4v) is 3.03. The third kappa shape index (κ3) is 3.78. The number of piperidine rings is 1. The molecule has 20 heavy (non-hydrogen) atoms. The molecule has 1 aromatic rings. The van der Waals surface area contributed by atoms with Gasteiger partial charge in [-0.05, 0) is 49.9 Å². The first-order valence-corrected chi connectivity index (χ1v) is 7.36. The van der Waals surface area contributed by atoms with E-state index < -0.39 is 0 Å². The van der Waals surface area contributed by atoms with E-state index in [4.69, 9.17) is 10.5 Å². The van der Waals surface area contributed by atoms with Gasteiger partial charge in [0.15, 0.2) is 0 Å². The van der Waals surface area contributed by atoms with E-state index in [1.807, 2.05) is 0 Å². The van der Waals surface area contributed by atoms with Crippen LogP contribution in [-0.2, 0) is 4.74 Å². The zero-order valence-electron chi connectivity index (χ0n) is 12.4. The highest BCUT2D eigenvalue weighted by molar-refractivity contribution is 5.21. The van der Waals surface area contributed by atoms with E-state index in [0.29, 0.717) is 5.92 Å². The molecule has 0 aromatic heterocycles. The van der Waals surface area contributed by atoms with Crippen molar-refractivity contribution in [2.45, 2.75) is 31.8 Å². The van der Waals surface area contributed by atoms with Crippen LogP contribution in [0.25, 0.3) is 0 Å². The number of hydrogen-bond acceptors (Lipinski definition) is 3. The number of nitrogens with two attached hydrogens (primary N) is 1. The number of hydrogen-bond donors (Lipinski definition) is 1. The van der Waals surface area contributed by atoms with Crippen LogP contribution in [0.4, 0.5) is 4.39 Å². The lowest BCUT2D eigenvalue weighted by Crippen LogP contribution is -2.46. The summed E-state index contributed by atoms with van der Waals surface area (Å²) in [4.78, 5) is 2.43. The van der Waals surface area contributed by atoms with Crippen LogP contribution < -0.4 is 5.73 Å². The Labute approximate surface area is 120 Å². The Kier molecular flexibility index (Phi) is 5.52. The van der Waals surface area contributed by atoms with E-state index in [1.165, 1.54) is 25.0 Å². The summed E-state index contributed by atoms with van der Waals surface area (Å²) in [6.45, 7) is 5.08. The van der Waals surface area contributed by atoms with Gasteiger partial charge in [-0.1, -0.05) is 12.1 Å². The lowest BCUT2D eigenvalue weighted by molar-refractivity contribution is 0.0656. The van der Waals surface area contributed by atoms with Gasteiger partial charge < -0.3 is 10.5 Å². The summed E-state index contributed by atoms with van der Waals surface area (Å²) >= 11 is 0. The van der Waals surface area contributed by atoms with E-state index in [0.717, 1.165) is 25.3 Å². The molecule has 0 amide bonds. The summed E-state index contributed by atoms with van der Waals surface area (Å²) in [7, 11) is 1.76. The van der Waals surface area contributed by atoms with Gasteiger partial charge >= 0.3 is 0 Å². The number of likely N-dealkylation sites (tertiary alicyclic amines) is 1. The predicted molar refractivity (Wildman–Crippen MR) is 79.0 cm³/mol. The van der Waals surface area contributed by atoms with Crippen molar-refractivity contribution in [1.29, 1.82) is 0 Å². The Morgan fingerprint density at radius 2 is 2.10 bits per heavy atom. The molecule has 0 radical (unpaired) electrons. The maximum Gasteiger partial charge on any atom is 0.123 e. The van der Waals surface area contributed by atoms with Crippen molar-refractivity contribution < 1.29 is 9.13 Å². The topological polar surface area (TPSA) is 38.5 Å². The van der Waals surface area contributed by atoms with Gasteiger partial charge in [-0.25, -0.2) is 4.39 Å². The molecule has 1 heterocycles. The highest BCUT2D eigenvalue weighted by atomic mass is 19.1. The number of rotatable bonds is 5. The third-order valence-electron chi connectivity index (χ3n) is 4.30. The quantitative estimate of drug-likeness (QED) is 0.901. The summed E-state index contributed by atoms with van der Waals surface area (Å²) in [6, 6.07) is 6.69. The Morgan fingerprint density at radius 3 is 2.75 bits per heavy atom. The molecule has 112 valence electrons. The second kappa shape index (κ2) is 7.16. The highest BCUT2D eigenvalue weighted by Gasteiger charge is 2.27. The molecule has 2 rings (SSSR count). The Hall–Kier alpha value is -0.970. The number of nitrogens with zero attached hydrogens (tertiary/aromatic N) is 1. The highest BCUT2D eigenvalue weighted by Crippen LogP contribution is 2.24. The molecule has 3 atom stereocenters. The molecule has 1 aliphatic heterocycles. The van der Waals surface area contributed by atoms with Crippen molar-refractivity contribution in [3.63, 3.8) is 0 Å². The molecular weight excluding hydrogens is 255 g/mol. The van der Waals surface area contributed by atoms with Crippen LogP contribution >= 0.6 is 0 Å². The van der Waals surface area contributed by atoms with E-state index in [9.17, 15) is 4.39 Å². The van der Waals surface area contributed by atoms with Crippen molar-refractivity contribution in [1.82, 2.24) is 4.90 Å². The minimum Gasteiger partial charge on any atom is -0.384 e. The molecule has 0 aliphatic carbocycles. The fraction of sp³-hybridized carbons (Fsp3) is 0.625. The van der Waals surface area contributed by atoms with E-state index >= 15 is 0 Å². The van der Waals surface area contributed by atoms with Gasteiger partial charge in [-0.2, -0.15) is 0 Å². The van der Waals surface area contributed by atoms with Crippen molar-refractivity contribution in [3.05, 3.63) is 35.6 Å². The van der Waals surface area contributed by atoms with Crippen molar-refractivity contribution in [2.24, 2.45) is 11.7 Å².